The van der Waals surface area contributed by atoms with Crippen LogP contribution in [0.15, 0.2) is 53.4 Å². The molecule has 0 N–H and O–H groups in total. The lowest BCUT2D eigenvalue weighted by molar-refractivity contribution is 0.0467. The minimum atomic E-state index is -3.76. The van der Waals surface area contributed by atoms with Gasteiger partial charge in [0.1, 0.15) is 12.4 Å². The van der Waals surface area contributed by atoms with E-state index in [2.05, 4.69) is 0 Å². The van der Waals surface area contributed by atoms with Crippen molar-refractivity contribution in [2.45, 2.75) is 11.5 Å². The lowest BCUT2D eigenvalue weighted by Gasteiger charge is -2.12. The molecule has 0 spiro atoms. The Morgan fingerprint density at radius 1 is 1.13 bits per heavy atom. The maximum absolute atomic E-state index is 13.8. The van der Waals surface area contributed by atoms with Gasteiger partial charge in [-0.05, 0) is 23.8 Å². The number of carbonyl (C=O) groups excluding carboxylic acids is 1. The predicted octanol–water partition coefficient (Wildman–Crippen LogP) is 2.43. The minimum absolute atomic E-state index is 0.0240. The van der Waals surface area contributed by atoms with Gasteiger partial charge in [0, 0.05) is 14.1 Å². The third kappa shape index (κ3) is 3.94. The van der Waals surface area contributed by atoms with E-state index in [0.717, 1.165) is 28.1 Å². The van der Waals surface area contributed by atoms with Crippen LogP contribution in [0.2, 0.25) is 0 Å². The normalized spacial score (nSPS) is 11.5. The predicted molar refractivity (Wildman–Crippen MR) is 82.8 cm³/mol. The first-order chi connectivity index (χ1) is 10.8. The van der Waals surface area contributed by atoms with Crippen molar-refractivity contribution in [1.82, 2.24) is 4.31 Å². The second-order valence-corrected chi connectivity index (χ2v) is 7.14. The maximum atomic E-state index is 13.8. The number of rotatable bonds is 5. The number of esters is 1. The highest BCUT2D eigenvalue weighted by atomic mass is 32.2. The fourth-order valence-electron chi connectivity index (χ4n) is 1.83. The van der Waals surface area contributed by atoms with Crippen LogP contribution in [0.25, 0.3) is 0 Å². The van der Waals surface area contributed by atoms with Crippen molar-refractivity contribution in [2.24, 2.45) is 0 Å². The third-order valence-corrected chi connectivity index (χ3v) is 4.96. The molecule has 0 unspecified atom stereocenters. The molecule has 2 aromatic carbocycles. The lowest BCUT2D eigenvalue weighted by atomic mass is 10.2. The number of carbonyl (C=O) groups is 1. The Kier molecular flexibility index (Phi) is 5.12. The molecule has 2 rings (SSSR count). The van der Waals surface area contributed by atoms with Gasteiger partial charge in [-0.1, -0.05) is 30.3 Å². The SMILES string of the molecule is CN(C)S(=O)(=O)c1ccc(F)c(C(=O)OCc2ccccc2)c1. The molecule has 0 aromatic heterocycles. The van der Waals surface area contributed by atoms with E-state index < -0.39 is 27.4 Å². The van der Waals surface area contributed by atoms with Crippen molar-refractivity contribution >= 4 is 16.0 Å². The van der Waals surface area contributed by atoms with E-state index >= 15 is 0 Å². The molecular weight excluding hydrogens is 321 g/mol. The first-order valence-corrected chi connectivity index (χ1v) is 8.19. The van der Waals surface area contributed by atoms with Crippen LogP contribution in [0.4, 0.5) is 4.39 Å². The molecule has 2 aromatic rings. The Labute approximate surface area is 134 Å². The summed E-state index contributed by atoms with van der Waals surface area (Å²) in [7, 11) is -1.05. The Hall–Kier alpha value is -2.25. The smallest absolute Gasteiger partial charge is 0.341 e. The Bertz CT molecular complexity index is 804. The monoisotopic (exact) mass is 337 g/mol. The molecule has 0 aliphatic carbocycles. The van der Waals surface area contributed by atoms with Gasteiger partial charge in [-0.3, -0.25) is 0 Å². The summed E-state index contributed by atoms with van der Waals surface area (Å²) in [6, 6.07) is 11.9. The Morgan fingerprint density at radius 2 is 1.78 bits per heavy atom. The van der Waals surface area contributed by atoms with Gasteiger partial charge in [0.2, 0.25) is 10.0 Å². The van der Waals surface area contributed by atoms with E-state index in [4.69, 9.17) is 4.74 Å². The molecule has 0 radical (unpaired) electrons. The van der Waals surface area contributed by atoms with Gasteiger partial charge < -0.3 is 4.74 Å². The number of benzene rings is 2. The van der Waals surface area contributed by atoms with Crippen LogP contribution in [0.5, 0.6) is 0 Å². The zero-order valence-electron chi connectivity index (χ0n) is 12.7. The number of halogens is 1. The van der Waals surface area contributed by atoms with Gasteiger partial charge >= 0.3 is 5.97 Å². The average molecular weight is 337 g/mol. The number of nitrogens with zero attached hydrogens (tertiary/aromatic N) is 1. The number of sulfonamides is 1. The topological polar surface area (TPSA) is 63.7 Å². The standard InChI is InChI=1S/C16H16FNO4S/c1-18(2)23(20,21)13-8-9-15(17)14(10-13)16(19)22-11-12-6-4-3-5-7-12/h3-10H,11H2,1-2H3. The number of hydrogen-bond acceptors (Lipinski definition) is 4. The zero-order valence-corrected chi connectivity index (χ0v) is 13.5. The summed E-state index contributed by atoms with van der Waals surface area (Å²) >= 11 is 0. The van der Waals surface area contributed by atoms with Crippen LogP contribution in [0.1, 0.15) is 15.9 Å². The molecule has 0 aliphatic heterocycles. The summed E-state index contributed by atoms with van der Waals surface area (Å²) < 4.78 is 43.9. The summed E-state index contributed by atoms with van der Waals surface area (Å²) in [6.07, 6.45) is 0. The van der Waals surface area contributed by atoms with Gasteiger partial charge in [0.25, 0.3) is 0 Å². The van der Waals surface area contributed by atoms with Gasteiger partial charge in [0.15, 0.2) is 0 Å². The molecule has 0 saturated heterocycles. The zero-order chi connectivity index (χ0) is 17.0. The fraction of sp³-hybridized carbons (Fsp3) is 0.188. The highest BCUT2D eigenvalue weighted by Crippen LogP contribution is 2.19. The van der Waals surface area contributed by atoms with Crippen molar-refractivity contribution in [3.8, 4) is 0 Å². The molecule has 0 aliphatic rings. The van der Waals surface area contributed by atoms with Crippen LogP contribution in [0, 0.1) is 5.82 Å². The summed E-state index contributed by atoms with van der Waals surface area (Å²) in [5.74, 6) is -1.75. The van der Waals surface area contributed by atoms with E-state index in [1.165, 1.54) is 14.1 Å². The Balaban J connectivity index is 2.23. The van der Waals surface area contributed by atoms with Crippen molar-refractivity contribution in [3.05, 3.63) is 65.5 Å². The van der Waals surface area contributed by atoms with Gasteiger partial charge in [-0.15, -0.1) is 0 Å². The first-order valence-electron chi connectivity index (χ1n) is 6.75. The van der Waals surface area contributed by atoms with Crippen molar-refractivity contribution in [2.75, 3.05) is 14.1 Å². The number of ether oxygens (including phenoxy) is 1. The first kappa shape index (κ1) is 17.1. The van der Waals surface area contributed by atoms with E-state index in [-0.39, 0.29) is 11.5 Å². The van der Waals surface area contributed by atoms with Gasteiger partial charge in [0.05, 0.1) is 10.5 Å². The third-order valence-electron chi connectivity index (χ3n) is 3.15. The molecule has 0 heterocycles. The average Bonchev–Trinajstić information content (AvgIpc) is 2.53. The van der Waals surface area contributed by atoms with E-state index in [0.29, 0.717) is 0 Å². The molecule has 122 valence electrons. The second-order valence-electron chi connectivity index (χ2n) is 4.99. The summed E-state index contributed by atoms with van der Waals surface area (Å²) in [6.45, 7) is -0.0240. The molecule has 7 heteroatoms. The van der Waals surface area contributed by atoms with Crippen LogP contribution in [-0.2, 0) is 21.4 Å². The molecule has 23 heavy (non-hydrogen) atoms. The van der Waals surface area contributed by atoms with E-state index in [1.807, 2.05) is 6.07 Å². The van der Waals surface area contributed by atoms with E-state index in [1.54, 1.807) is 24.3 Å². The highest BCUT2D eigenvalue weighted by molar-refractivity contribution is 7.89. The quantitative estimate of drug-likeness (QED) is 0.786. The second kappa shape index (κ2) is 6.89. The van der Waals surface area contributed by atoms with Gasteiger partial charge in [-0.25, -0.2) is 21.9 Å². The molecule has 0 fully saturated rings. The van der Waals surface area contributed by atoms with Crippen LogP contribution < -0.4 is 0 Å². The molecule has 0 saturated carbocycles. The van der Waals surface area contributed by atoms with Crippen LogP contribution in [0.3, 0.4) is 0 Å². The van der Waals surface area contributed by atoms with E-state index in [9.17, 15) is 17.6 Å². The molecule has 0 bridgehead atoms. The lowest BCUT2D eigenvalue weighted by Crippen LogP contribution is -2.22. The molecule has 5 nitrogen and oxygen atoms in total. The maximum Gasteiger partial charge on any atom is 0.341 e. The number of hydrogen-bond donors (Lipinski definition) is 0. The summed E-state index contributed by atoms with van der Waals surface area (Å²) in [5.41, 5.74) is 0.335. The van der Waals surface area contributed by atoms with Crippen molar-refractivity contribution in [1.29, 1.82) is 0 Å². The fourth-order valence-corrected chi connectivity index (χ4v) is 2.76. The van der Waals surface area contributed by atoms with Crippen LogP contribution in [-0.4, -0.2) is 32.8 Å². The molecule has 0 atom stereocenters. The highest BCUT2D eigenvalue weighted by Gasteiger charge is 2.22. The molecule has 0 amide bonds. The van der Waals surface area contributed by atoms with Gasteiger partial charge in [-0.2, -0.15) is 0 Å². The Morgan fingerprint density at radius 3 is 2.39 bits per heavy atom. The largest absolute Gasteiger partial charge is 0.457 e. The minimum Gasteiger partial charge on any atom is -0.457 e. The summed E-state index contributed by atoms with van der Waals surface area (Å²) in [5, 5.41) is 0. The van der Waals surface area contributed by atoms with Crippen LogP contribution >= 0.6 is 0 Å². The van der Waals surface area contributed by atoms with Crippen molar-refractivity contribution in [3.63, 3.8) is 0 Å². The van der Waals surface area contributed by atoms with Crippen molar-refractivity contribution < 1.29 is 22.3 Å². The summed E-state index contributed by atoms with van der Waals surface area (Å²) in [4.78, 5) is 11.8. The molecular formula is C16H16FNO4S.